The van der Waals surface area contributed by atoms with Gasteiger partial charge in [-0.05, 0) is 11.5 Å². The molecule has 0 aromatic heterocycles. The predicted molar refractivity (Wildman–Crippen MR) is 89.2 cm³/mol. The molecule has 2 rings (SSSR count). The zero-order valence-electron chi connectivity index (χ0n) is 14.2. The van der Waals surface area contributed by atoms with E-state index in [1.165, 1.54) is 37.3 Å². The maximum Gasteiger partial charge on any atom is 0.217 e. The number of nitrogens with one attached hydrogen (secondary N) is 3. The molecule has 1 amide bonds. The van der Waals surface area contributed by atoms with Crippen LogP contribution in [0.25, 0.3) is 0 Å². The van der Waals surface area contributed by atoms with Gasteiger partial charge in [0.15, 0.2) is 0 Å². The first kappa shape index (κ1) is 17.0. The Kier molecular flexibility index (Phi) is 6.40. The van der Waals surface area contributed by atoms with Gasteiger partial charge in [0.25, 0.3) is 0 Å². The fraction of sp³-hybridized carbons (Fsp3) is 0.611. The van der Waals surface area contributed by atoms with E-state index in [1.807, 2.05) is 0 Å². The Morgan fingerprint density at radius 2 is 1.68 bits per heavy atom. The van der Waals surface area contributed by atoms with Gasteiger partial charge in [0.05, 0.1) is 13.1 Å². The molecule has 1 saturated heterocycles. The molecule has 3 N–H and O–H groups in total. The lowest BCUT2D eigenvalue weighted by Gasteiger charge is -2.29. The summed E-state index contributed by atoms with van der Waals surface area (Å²) in [6.45, 7) is 13.9. The lowest BCUT2D eigenvalue weighted by molar-refractivity contribution is -1.02. The number of quaternary nitrogens is 2. The monoisotopic (exact) mass is 305 g/mol. The summed E-state index contributed by atoms with van der Waals surface area (Å²) in [5, 5.41) is 2.89. The number of carbonyl (C=O) groups is 1. The highest BCUT2D eigenvalue weighted by molar-refractivity contribution is 5.72. The Morgan fingerprint density at radius 3 is 2.23 bits per heavy atom. The minimum absolute atomic E-state index is 0.0773. The summed E-state index contributed by atoms with van der Waals surface area (Å²) >= 11 is 0. The average molecular weight is 305 g/mol. The van der Waals surface area contributed by atoms with Crippen molar-refractivity contribution in [2.45, 2.75) is 33.2 Å². The first-order valence-corrected chi connectivity index (χ1v) is 8.55. The van der Waals surface area contributed by atoms with E-state index in [1.54, 1.807) is 16.7 Å². The summed E-state index contributed by atoms with van der Waals surface area (Å²) in [7, 11) is 0. The van der Waals surface area contributed by atoms with Crippen LogP contribution in [0.3, 0.4) is 0 Å². The molecule has 1 aromatic rings. The van der Waals surface area contributed by atoms with Crippen LogP contribution in [0.1, 0.15) is 37.8 Å². The van der Waals surface area contributed by atoms with Crippen molar-refractivity contribution in [1.29, 1.82) is 0 Å². The standard InChI is InChI=1S/C18H29N3O/c1-15(2)18-6-4-17(5-7-18)14-21-12-10-20(11-13-21)9-8-19-16(3)22/h4-7,15H,8-14H2,1-3H3,(H,19,22)/p+2. The lowest BCUT2D eigenvalue weighted by Crippen LogP contribution is -3.27. The van der Waals surface area contributed by atoms with E-state index in [9.17, 15) is 4.79 Å². The van der Waals surface area contributed by atoms with Gasteiger partial charge in [-0.2, -0.15) is 0 Å². The van der Waals surface area contributed by atoms with Crippen molar-refractivity contribution in [3.63, 3.8) is 0 Å². The summed E-state index contributed by atoms with van der Waals surface area (Å²) in [6, 6.07) is 9.12. The van der Waals surface area contributed by atoms with Crippen LogP contribution < -0.4 is 15.1 Å². The van der Waals surface area contributed by atoms with E-state index in [2.05, 4.69) is 43.4 Å². The van der Waals surface area contributed by atoms with Crippen LogP contribution in [-0.4, -0.2) is 45.2 Å². The summed E-state index contributed by atoms with van der Waals surface area (Å²) < 4.78 is 0. The van der Waals surface area contributed by atoms with Gasteiger partial charge in [0, 0.05) is 12.5 Å². The number of amides is 1. The molecule has 0 radical (unpaired) electrons. The van der Waals surface area contributed by atoms with Crippen molar-refractivity contribution >= 4 is 5.91 Å². The second-order valence-electron chi connectivity index (χ2n) is 6.81. The van der Waals surface area contributed by atoms with Crippen molar-refractivity contribution in [3.05, 3.63) is 35.4 Å². The smallest absolute Gasteiger partial charge is 0.217 e. The molecule has 1 aliphatic rings. The van der Waals surface area contributed by atoms with Crippen LogP contribution in [0, 0.1) is 0 Å². The number of benzene rings is 1. The van der Waals surface area contributed by atoms with Crippen molar-refractivity contribution in [1.82, 2.24) is 5.32 Å². The van der Waals surface area contributed by atoms with Crippen LogP contribution in [0.4, 0.5) is 0 Å². The molecular formula is C18H31N3O+2. The van der Waals surface area contributed by atoms with Crippen LogP contribution in [0.2, 0.25) is 0 Å². The van der Waals surface area contributed by atoms with Gasteiger partial charge in [-0.25, -0.2) is 0 Å². The average Bonchev–Trinajstić information content (AvgIpc) is 2.49. The summed E-state index contributed by atoms with van der Waals surface area (Å²) in [4.78, 5) is 14.2. The third-order valence-electron chi connectivity index (χ3n) is 4.62. The fourth-order valence-corrected chi connectivity index (χ4v) is 3.11. The highest BCUT2D eigenvalue weighted by atomic mass is 16.1. The topological polar surface area (TPSA) is 38.0 Å². The van der Waals surface area contributed by atoms with E-state index in [0.717, 1.165) is 19.6 Å². The number of rotatable bonds is 6. The van der Waals surface area contributed by atoms with Gasteiger partial charge < -0.3 is 15.1 Å². The number of carbonyl (C=O) groups excluding carboxylic acids is 1. The van der Waals surface area contributed by atoms with Gasteiger partial charge >= 0.3 is 0 Å². The SMILES string of the molecule is CC(=O)NCC[NH+]1CC[NH+](Cc2ccc(C(C)C)cc2)CC1. The molecule has 0 bridgehead atoms. The number of piperazine rings is 1. The molecule has 0 atom stereocenters. The quantitative estimate of drug-likeness (QED) is 0.634. The highest BCUT2D eigenvalue weighted by Gasteiger charge is 2.22. The van der Waals surface area contributed by atoms with Crippen LogP contribution in [0.5, 0.6) is 0 Å². The van der Waals surface area contributed by atoms with Gasteiger partial charge in [0.1, 0.15) is 32.7 Å². The summed E-state index contributed by atoms with van der Waals surface area (Å²) in [5.41, 5.74) is 2.87. The Labute approximate surface area is 134 Å². The normalized spacial score (nSPS) is 21.8. The molecule has 0 saturated carbocycles. The number of hydrogen-bond acceptors (Lipinski definition) is 1. The maximum absolute atomic E-state index is 10.9. The van der Waals surface area contributed by atoms with Crippen molar-refractivity contribution < 1.29 is 14.6 Å². The third-order valence-corrected chi connectivity index (χ3v) is 4.62. The molecule has 4 nitrogen and oxygen atoms in total. The van der Waals surface area contributed by atoms with E-state index >= 15 is 0 Å². The molecule has 1 heterocycles. The minimum Gasteiger partial charge on any atom is -0.351 e. The highest BCUT2D eigenvalue weighted by Crippen LogP contribution is 2.14. The second kappa shape index (κ2) is 8.30. The van der Waals surface area contributed by atoms with Crippen molar-refractivity contribution in [2.75, 3.05) is 39.3 Å². The second-order valence-corrected chi connectivity index (χ2v) is 6.81. The maximum atomic E-state index is 10.9. The first-order valence-electron chi connectivity index (χ1n) is 8.55. The van der Waals surface area contributed by atoms with Crippen LogP contribution in [0.15, 0.2) is 24.3 Å². The molecule has 4 heteroatoms. The zero-order chi connectivity index (χ0) is 15.9. The van der Waals surface area contributed by atoms with Crippen molar-refractivity contribution in [2.24, 2.45) is 0 Å². The van der Waals surface area contributed by atoms with Gasteiger partial charge in [0.2, 0.25) is 5.91 Å². The minimum atomic E-state index is 0.0773. The molecule has 0 spiro atoms. The molecule has 1 aromatic carbocycles. The fourth-order valence-electron chi connectivity index (χ4n) is 3.11. The van der Waals surface area contributed by atoms with Crippen LogP contribution >= 0.6 is 0 Å². The predicted octanol–water partition coefficient (Wildman–Crippen LogP) is -0.770. The lowest BCUT2D eigenvalue weighted by atomic mass is 10.0. The van der Waals surface area contributed by atoms with E-state index in [0.29, 0.717) is 5.92 Å². The van der Waals surface area contributed by atoms with Gasteiger partial charge in [-0.15, -0.1) is 0 Å². The molecule has 1 aliphatic heterocycles. The summed E-state index contributed by atoms with van der Waals surface area (Å²) in [5.74, 6) is 0.686. The third kappa shape index (κ3) is 5.43. The van der Waals surface area contributed by atoms with Crippen molar-refractivity contribution in [3.8, 4) is 0 Å². The first-order chi connectivity index (χ1) is 10.5. The molecule has 1 fully saturated rings. The van der Waals surface area contributed by atoms with Crippen LogP contribution in [-0.2, 0) is 11.3 Å². The van der Waals surface area contributed by atoms with E-state index in [4.69, 9.17) is 0 Å². The Balaban J connectivity index is 1.71. The molecule has 0 aliphatic carbocycles. The molecule has 22 heavy (non-hydrogen) atoms. The zero-order valence-corrected chi connectivity index (χ0v) is 14.2. The van der Waals surface area contributed by atoms with Gasteiger partial charge in [-0.3, -0.25) is 4.79 Å². The number of hydrogen-bond donors (Lipinski definition) is 3. The largest absolute Gasteiger partial charge is 0.351 e. The van der Waals surface area contributed by atoms with E-state index < -0.39 is 0 Å². The molecule has 0 unspecified atom stereocenters. The van der Waals surface area contributed by atoms with Gasteiger partial charge in [-0.1, -0.05) is 38.1 Å². The molecule has 122 valence electrons. The summed E-state index contributed by atoms with van der Waals surface area (Å²) in [6.07, 6.45) is 0. The Hall–Kier alpha value is -1.39. The van der Waals surface area contributed by atoms with E-state index in [-0.39, 0.29) is 5.91 Å². The Bertz CT molecular complexity index is 462. The molecular weight excluding hydrogens is 274 g/mol. The Morgan fingerprint density at radius 1 is 1.09 bits per heavy atom.